The molecule has 2 aromatic rings. The van der Waals surface area contributed by atoms with Crippen LogP contribution in [0.15, 0.2) is 42.5 Å². The molecule has 0 spiro atoms. The van der Waals surface area contributed by atoms with Crippen molar-refractivity contribution >= 4 is 29.5 Å². The number of hydrogen-bond donors (Lipinski definition) is 2. The van der Waals surface area contributed by atoms with E-state index in [4.69, 9.17) is 14.6 Å². The van der Waals surface area contributed by atoms with Crippen molar-refractivity contribution in [3.8, 4) is 0 Å². The summed E-state index contributed by atoms with van der Waals surface area (Å²) >= 11 is 0. The first-order chi connectivity index (χ1) is 16.0. The van der Waals surface area contributed by atoms with Crippen molar-refractivity contribution in [2.24, 2.45) is 0 Å². The molecular formula is C26H29NO7. The van der Waals surface area contributed by atoms with Crippen LogP contribution in [0.25, 0.3) is 0 Å². The zero-order valence-electron chi connectivity index (χ0n) is 19.8. The zero-order chi connectivity index (χ0) is 25.1. The molecule has 0 saturated heterocycles. The van der Waals surface area contributed by atoms with Gasteiger partial charge < -0.3 is 19.9 Å². The molecule has 1 atom stereocenters. The van der Waals surface area contributed by atoms with Crippen molar-refractivity contribution in [1.29, 1.82) is 0 Å². The van der Waals surface area contributed by atoms with Gasteiger partial charge in [-0.1, -0.05) is 19.9 Å². The van der Waals surface area contributed by atoms with Crippen molar-refractivity contribution < 1.29 is 33.8 Å². The topological polar surface area (TPSA) is 119 Å². The molecule has 8 nitrogen and oxygen atoms in total. The Morgan fingerprint density at radius 3 is 2.21 bits per heavy atom. The van der Waals surface area contributed by atoms with Crippen LogP contribution in [0.2, 0.25) is 0 Å². The van der Waals surface area contributed by atoms with Crippen LogP contribution in [-0.4, -0.2) is 35.5 Å². The van der Waals surface area contributed by atoms with E-state index in [0.717, 1.165) is 5.56 Å². The van der Waals surface area contributed by atoms with E-state index in [0.29, 0.717) is 29.7 Å². The van der Waals surface area contributed by atoms with Gasteiger partial charge in [-0.15, -0.1) is 0 Å². The summed E-state index contributed by atoms with van der Waals surface area (Å²) in [5.74, 6) is -2.48. The van der Waals surface area contributed by atoms with Gasteiger partial charge >= 0.3 is 17.9 Å². The third kappa shape index (κ3) is 5.27. The molecule has 0 aromatic heterocycles. The molecule has 1 unspecified atom stereocenters. The van der Waals surface area contributed by atoms with Crippen molar-refractivity contribution in [2.75, 3.05) is 11.9 Å². The number of carbonyl (C=O) groups excluding carboxylic acids is 3. The molecule has 3 rings (SSSR count). The van der Waals surface area contributed by atoms with Crippen LogP contribution in [0.1, 0.15) is 78.8 Å². The van der Waals surface area contributed by atoms with Gasteiger partial charge in [-0.3, -0.25) is 14.4 Å². The standard InChI is InChI=1S/C26H29NO7/c1-5-33-22(29)15-26(34-16(2)28)13-12-25(3,4)20-11-8-18(14-21(20)26)23(30)27-19-9-6-17(7-10-19)24(31)32/h6-11,14H,5,12-13,15H2,1-4H3,(H,27,30)(H,31,32). The Kier molecular flexibility index (Phi) is 7.09. The van der Waals surface area contributed by atoms with Crippen LogP contribution in [0.5, 0.6) is 0 Å². The summed E-state index contributed by atoms with van der Waals surface area (Å²) in [6.45, 7) is 7.34. The maximum absolute atomic E-state index is 13.0. The highest BCUT2D eigenvalue weighted by atomic mass is 16.6. The van der Waals surface area contributed by atoms with Gasteiger partial charge in [0.1, 0.15) is 5.60 Å². The van der Waals surface area contributed by atoms with Gasteiger partial charge in [0.2, 0.25) is 0 Å². The van der Waals surface area contributed by atoms with Crippen molar-refractivity contribution in [3.63, 3.8) is 0 Å². The lowest BCUT2D eigenvalue weighted by Crippen LogP contribution is -2.43. The first-order valence-electron chi connectivity index (χ1n) is 11.1. The first kappa shape index (κ1) is 25.0. The van der Waals surface area contributed by atoms with Gasteiger partial charge in [-0.25, -0.2) is 4.79 Å². The molecule has 1 aliphatic carbocycles. The number of carboxylic acid groups (broad SMARTS) is 1. The summed E-state index contributed by atoms with van der Waals surface area (Å²) in [4.78, 5) is 48.6. The number of anilines is 1. The molecule has 8 heteroatoms. The fourth-order valence-electron chi connectivity index (χ4n) is 4.38. The maximum Gasteiger partial charge on any atom is 0.335 e. The number of nitrogens with one attached hydrogen (secondary N) is 1. The number of benzene rings is 2. The minimum absolute atomic E-state index is 0.110. The van der Waals surface area contributed by atoms with Crippen LogP contribution in [-0.2, 0) is 30.1 Å². The molecule has 0 radical (unpaired) electrons. The lowest BCUT2D eigenvalue weighted by molar-refractivity contribution is -0.168. The van der Waals surface area contributed by atoms with E-state index in [9.17, 15) is 19.2 Å². The maximum atomic E-state index is 13.0. The highest BCUT2D eigenvalue weighted by Gasteiger charge is 2.47. The molecule has 2 N–H and O–H groups in total. The number of ether oxygens (including phenoxy) is 2. The Morgan fingerprint density at radius 2 is 1.62 bits per heavy atom. The number of hydrogen-bond acceptors (Lipinski definition) is 6. The zero-order valence-corrected chi connectivity index (χ0v) is 19.8. The van der Waals surface area contributed by atoms with Crippen molar-refractivity contribution in [2.45, 2.75) is 58.0 Å². The average molecular weight is 468 g/mol. The predicted molar refractivity (Wildman–Crippen MR) is 125 cm³/mol. The lowest BCUT2D eigenvalue weighted by atomic mass is 9.65. The second kappa shape index (κ2) is 9.67. The van der Waals surface area contributed by atoms with E-state index < -0.39 is 29.4 Å². The molecular weight excluding hydrogens is 438 g/mol. The molecule has 180 valence electrons. The van der Waals surface area contributed by atoms with Crippen LogP contribution >= 0.6 is 0 Å². The Balaban J connectivity index is 2.01. The van der Waals surface area contributed by atoms with Crippen LogP contribution in [0.4, 0.5) is 5.69 Å². The fraction of sp³-hybridized carbons (Fsp3) is 0.385. The highest BCUT2D eigenvalue weighted by molar-refractivity contribution is 6.04. The van der Waals surface area contributed by atoms with Gasteiger partial charge in [0, 0.05) is 23.7 Å². The minimum atomic E-state index is -1.23. The molecule has 34 heavy (non-hydrogen) atoms. The van der Waals surface area contributed by atoms with Gasteiger partial charge in [0.25, 0.3) is 5.91 Å². The predicted octanol–water partition coefficient (Wildman–Crippen LogP) is 4.42. The third-order valence-electron chi connectivity index (χ3n) is 6.12. The second-order valence-corrected chi connectivity index (χ2v) is 9.05. The number of carbonyl (C=O) groups is 4. The monoisotopic (exact) mass is 467 g/mol. The first-order valence-corrected chi connectivity index (χ1v) is 11.1. The normalized spacial score (nSPS) is 18.4. The van der Waals surface area contributed by atoms with E-state index in [2.05, 4.69) is 19.2 Å². The summed E-state index contributed by atoms with van der Waals surface area (Å²) in [6, 6.07) is 11.0. The highest BCUT2D eigenvalue weighted by Crippen LogP contribution is 2.49. The fourth-order valence-corrected chi connectivity index (χ4v) is 4.38. The molecule has 0 aliphatic heterocycles. The summed E-state index contributed by atoms with van der Waals surface area (Å²) in [5.41, 5.74) is 0.883. The van der Waals surface area contributed by atoms with E-state index in [-0.39, 0.29) is 24.0 Å². The van der Waals surface area contributed by atoms with E-state index in [1.807, 2.05) is 6.07 Å². The van der Waals surface area contributed by atoms with Gasteiger partial charge in [0.05, 0.1) is 18.6 Å². The number of fused-ring (bicyclic) bond motifs is 1. The number of amides is 1. The smallest absolute Gasteiger partial charge is 0.335 e. The summed E-state index contributed by atoms with van der Waals surface area (Å²) in [7, 11) is 0. The molecule has 0 saturated carbocycles. The number of carboxylic acids is 1. The molecule has 2 aromatic carbocycles. The summed E-state index contributed by atoms with van der Waals surface area (Å²) < 4.78 is 10.9. The second-order valence-electron chi connectivity index (χ2n) is 9.05. The average Bonchev–Trinajstić information content (AvgIpc) is 2.76. The van der Waals surface area contributed by atoms with E-state index in [1.165, 1.54) is 31.2 Å². The largest absolute Gasteiger partial charge is 0.478 e. The Morgan fingerprint density at radius 1 is 0.971 bits per heavy atom. The Hall–Kier alpha value is -3.68. The number of aromatic carboxylic acids is 1. The minimum Gasteiger partial charge on any atom is -0.478 e. The quantitative estimate of drug-likeness (QED) is 0.579. The van der Waals surface area contributed by atoms with E-state index >= 15 is 0 Å². The summed E-state index contributed by atoms with van der Waals surface area (Å²) in [5, 5.41) is 11.8. The number of esters is 2. The van der Waals surface area contributed by atoms with Crippen LogP contribution in [0, 0.1) is 0 Å². The third-order valence-corrected chi connectivity index (χ3v) is 6.12. The molecule has 0 fully saturated rings. The molecule has 0 heterocycles. The Bertz CT molecular complexity index is 1120. The summed E-state index contributed by atoms with van der Waals surface area (Å²) in [6.07, 6.45) is 0.937. The van der Waals surface area contributed by atoms with Gasteiger partial charge in [-0.05, 0) is 67.1 Å². The Labute approximate surface area is 198 Å². The molecule has 1 amide bonds. The number of rotatable bonds is 7. The SMILES string of the molecule is CCOC(=O)CC1(OC(C)=O)CCC(C)(C)c2ccc(C(=O)Nc3ccc(C(=O)O)cc3)cc21. The van der Waals surface area contributed by atoms with Crippen molar-refractivity contribution in [3.05, 3.63) is 64.7 Å². The van der Waals surface area contributed by atoms with E-state index in [1.54, 1.807) is 19.1 Å². The van der Waals surface area contributed by atoms with Crippen LogP contribution in [0.3, 0.4) is 0 Å². The van der Waals surface area contributed by atoms with Crippen molar-refractivity contribution in [1.82, 2.24) is 0 Å². The van der Waals surface area contributed by atoms with Crippen LogP contribution < -0.4 is 5.32 Å². The molecule has 1 aliphatic rings. The van der Waals surface area contributed by atoms with Gasteiger partial charge in [0.15, 0.2) is 0 Å². The molecule has 0 bridgehead atoms. The lowest BCUT2D eigenvalue weighted by Gasteiger charge is -2.44. The van der Waals surface area contributed by atoms with Gasteiger partial charge in [-0.2, -0.15) is 0 Å².